The number of ether oxygens (including phenoxy) is 2. The van der Waals surface area contributed by atoms with Crippen molar-refractivity contribution in [3.8, 4) is 0 Å². The summed E-state index contributed by atoms with van der Waals surface area (Å²) in [5.41, 5.74) is -2.44. The molecule has 1 fully saturated rings. The molecule has 1 rings (SSSR count). The lowest BCUT2D eigenvalue weighted by Gasteiger charge is -2.39. The van der Waals surface area contributed by atoms with Crippen molar-refractivity contribution in [3.05, 3.63) is 0 Å². The monoisotopic (exact) mass is 273 g/mol. The van der Waals surface area contributed by atoms with Crippen LogP contribution in [0.25, 0.3) is 0 Å². The fraction of sp³-hybridized carbons (Fsp3) is 0.929. The molecule has 0 radical (unpaired) electrons. The van der Waals surface area contributed by atoms with Gasteiger partial charge < -0.3 is 14.6 Å². The predicted octanol–water partition coefficient (Wildman–Crippen LogP) is 2.52. The highest BCUT2D eigenvalue weighted by atomic mass is 16.6. The molecule has 19 heavy (non-hydrogen) atoms. The van der Waals surface area contributed by atoms with Crippen LogP contribution in [0.15, 0.2) is 0 Å². The molecular weight excluding hydrogens is 246 g/mol. The van der Waals surface area contributed by atoms with E-state index in [4.69, 9.17) is 9.47 Å². The van der Waals surface area contributed by atoms with Gasteiger partial charge in [-0.15, -0.1) is 0 Å². The number of rotatable bonds is 1. The number of hydrogen-bond acceptors (Lipinski definition) is 4. The van der Waals surface area contributed by atoms with E-state index in [9.17, 15) is 9.90 Å². The molecule has 1 aliphatic heterocycles. The van der Waals surface area contributed by atoms with Crippen molar-refractivity contribution in [2.75, 3.05) is 0 Å². The molecule has 1 aliphatic rings. The molecule has 1 N–H and O–H groups in total. The zero-order valence-electron chi connectivity index (χ0n) is 13.3. The van der Waals surface area contributed by atoms with E-state index in [0.29, 0.717) is 0 Å². The van der Waals surface area contributed by atoms with Crippen LogP contribution in [0.1, 0.15) is 55.4 Å². The minimum absolute atomic E-state index is 0.262. The Balaban J connectivity index is 3.08. The topological polar surface area (TPSA) is 59.0 Å². The van der Waals surface area contributed by atoms with Gasteiger partial charge in [0.1, 0.15) is 11.3 Å². The molecule has 1 saturated heterocycles. The maximum atomic E-state index is 12.4. The van der Waals surface area contributed by atoms with Crippen LogP contribution in [-0.2, 0) is 9.47 Å². The SMILES string of the molecule is C[C@@H]1OC(C)(C)N(C(=O)OC(C)(C)C)[C@H]1C(C)(C)O. The van der Waals surface area contributed by atoms with Crippen molar-refractivity contribution in [2.24, 2.45) is 0 Å². The van der Waals surface area contributed by atoms with Crippen molar-refractivity contribution >= 4 is 6.09 Å². The summed E-state index contributed by atoms with van der Waals surface area (Å²) in [6.45, 7) is 14.3. The molecule has 0 saturated carbocycles. The fourth-order valence-electron chi connectivity index (χ4n) is 2.66. The Bertz CT molecular complexity index is 351. The molecule has 0 aliphatic carbocycles. The van der Waals surface area contributed by atoms with E-state index >= 15 is 0 Å². The first-order chi connectivity index (χ1) is 8.26. The summed E-state index contributed by atoms with van der Waals surface area (Å²) in [4.78, 5) is 13.9. The minimum Gasteiger partial charge on any atom is -0.444 e. The standard InChI is InChI=1S/C14H27NO4/c1-9-10(13(5,6)17)15(14(7,8)18-9)11(16)19-12(2,3)4/h9-10,17H,1-8H3/t9-,10+/m0/s1. The normalized spacial score (nSPS) is 27.5. The average molecular weight is 273 g/mol. The summed E-state index contributed by atoms with van der Waals surface area (Å²) in [6.07, 6.45) is -0.725. The van der Waals surface area contributed by atoms with Gasteiger partial charge in [0.2, 0.25) is 0 Å². The van der Waals surface area contributed by atoms with E-state index in [1.54, 1.807) is 27.7 Å². The quantitative estimate of drug-likeness (QED) is 0.797. The number of amides is 1. The first kappa shape index (κ1) is 16.2. The lowest BCUT2D eigenvalue weighted by Crippen LogP contribution is -2.57. The van der Waals surface area contributed by atoms with E-state index in [1.807, 2.05) is 27.7 Å². The van der Waals surface area contributed by atoms with Crippen LogP contribution in [0.3, 0.4) is 0 Å². The van der Waals surface area contributed by atoms with Crippen LogP contribution >= 0.6 is 0 Å². The van der Waals surface area contributed by atoms with E-state index in [0.717, 1.165) is 0 Å². The average Bonchev–Trinajstić information content (AvgIpc) is 2.30. The molecule has 2 atom stereocenters. The van der Waals surface area contributed by atoms with Gasteiger partial charge in [-0.05, 0) is 55.4 Å². The largest absolute Gasteiger partial charge is 0.444 e. The van der Waals surface area contributed by atoms with Crippen molar-refractivity contribution in [1.82, 2.24) is 4.90 Å². The first-order valence-electron chi connectivity index (χ1n) is 6.68. The number of aliphatic hydroxyl groups is 1. The molecule has 0 spiro atoms. The summed E-state index contributed by atoms with van der Waals surface area (Å²) < 4.78 is 11.2. The van der Waals surface area contributed by atoms with Gasteiger partial charge in [-0.1, -0.05) is 0 Å². The van der Waals surface area contributed by atoms with Crippen LogP contribution in [-0.4, -0.2) is 45.2 Å². The molecule has 0 unspecified atom stereocenters. The lowest BCUT2D eigenvalue weighted by atomic mass is 9.93. The van der Waals surface area contributed by atoms with Gasteiger partial charge in [0.05, 0.1) is 17.7 Å². The smallest absolute Gasteiger partial charge is 0.413 e. The zero-order chi connectivity index (χ0) is 15.2. The maximum Gasteiger partial charge on any atom is 0.413 e. The number of nitrogens with zero attached hydrogens (tertiary/aromatic N) is 1. The van der Waals surface area contributed by atoms with Crippen molar-refractivity contribution in [1.29, 1.82) is 0 Å². The second-order valence-electron chi connectivity index (χ2n) is 7.22. The highest BCUT2D eigenvalue weighted by molar-refractivity contribution is 5.70. The first-order valence-corrected chi connectivity index (χ1v) is 6.68. The summed E-state index contributed by atoms with van der Waals surface area (Å²) in [7, 11) is 0. The van der Waals surface area contributed by atoms with Crippen molar-refractivity contribution in [3.63, 3.8) is 0 Å². The van der Waals surface area contributed by atoms with E-state index in [-0.39, 0.29) is 6.10 Å². The Morgan fingerprint density at radius 1 is 1.26 bits per heavy atom. The molecule has 0 aromatic carbocycles. The molecule has 1 heterocycles. The van der Waals surface area contributed by atoms with Crippen molar-refractivity contribution < 1.29 is 19.4 Å². The molecule has 1 amide bonds. The van der Waals surface area contributed by atoms with Gasteiger partial charge in [-0.2, -0.15) is 0 Å². The Morgan fingerprint density at radius 3 is 2.11 bits per heavy atom. The highest BCUT2D eigenvalue weighted by Crippen LogP contribution is 2.38. The number of carbonyl (C=O) groups excluding carboxylic acids is 1. The van der Waals surface area contributed by atoms with Gasteiger partial charge in [0, 0.05) is 0 Å². The lowest BCUT2D eigenvalue weighted by molar-refractivity contribution is -0.0809. The van der Waals surface area contributed by atoms with Crippen LogP contribution < -0.4 is 0 Å². The fourth-order valence-corrected chi connectivity index (χ4v) is 2.66. The van der Waals surface area contributed by atoms with E-state index < -0.39 is 29.1 Å². The molecule has 0 aromatic rings. The van der Waals surface area contributed by atoms with Gasteiger partial charge in [0.25, 0.3) is 0 Å². The second kappa shape index (κ2) is 4.63. The summed E-state index contributed by atoms with van der Waals surface area (Å²) in [5, 5.41) is 10.3. The molecule has 112 valence electrons. The predicted molar refractivity (Wildman–Crippen MR) is 72.8 cm³/mol. The second-order valence-corrected chi connectivity index (χ2v) is 7.22. The molecule has 0 bridgehead atoms. The van der Waals surface area contributed by atoms with Crippen molar-refractivity contribution in [2.45, 2.75) is 84.5 Å². The molecule has 5 nitrogen and oxygen atoms in total. The van der Waals surface area contributed by atoms with Gasteiger partial charge in [0.15, 0.2) is 0 Å². The Morgan fingerprint density at radius 2 is 1.74 bits per heavy atom. The molecule has 0 aromatic heterocycles. The molecule has 5 heteroatoms. The Hall–Kier alpha value is -0.810. The summed E-state index contributed by atoms with van der Waals surface area (Å²) in [5.74, 6) is 0. The summed E-state index contributed by atoms with van der Waals surface area (Å²) in [6, 6.07) is -0.447. The van der Waals surface area contributed by atoms with Crippen LogP contribution in [0.5, 0.6) is 0 Å². The Kier molecular flexibility index (Phi) is 3.96. The third kappa shape index (κ3) is 3.60. The number of carbonyl (C=O) groups is 1. The van der Waals surface area contributed by atoms with E-state index in [2.05, 4.69) is 0 Å². The maximum absolute atomic E-state index is 12.4. The minimum atomic E-state index is -1.07. The highest BCUT2D eigenvalue weighted by Gasteiger charge is 2.54. The van der Waals surface area contributed by atoms with Crippen LogP contribution in [0.2, 0.25) is 0 Å². The zero-order valence-corrected chi connectivity index (χ0v) is 13.3. The van der Waals surface area contributed by atoms with Gasteiger partial charge in [-0.25, -0.2) is 4.79 Å². The molecular formula is C14H27NO4. The van der Waals surface area contributed by atoms with Crippen LogP contribution in [0.4, 0.5) is 4.79 Å². The third-order valence-electron chi connectivity index (χ3n) is 3.09. The van der Waals surface area contributed by atoms with Crippen LogP contribution in [0, 0.1) is 0 Å². The third-order valence-corrected chi connectivity index (χ3v) is 3.09. The Labute approximate surface area is 115 Å². The number of hydrogen-bond donors (Lipinski definition) is 1. The van der Waals surface area contributed by atoms with Gasteiger partial charge in [-0.3, -0.25) is 4.90 Å². The summed E-state index contributed by atoms with van der Waals surface area (Å²) >= 11 is 0. The van der Waals surface area contributed by atoms with E-state index in [1.165, 1.54) is 4.90 Å². The van der Waals surface area contributed by atoms with Gasteiger partial charge >= 0.3 is 6.09 Å².